The fourth-order valence-electron chi connectivity index (χ4n) is 2.91. The summed E-state index contributed by atoms with van der Waals surface area (Å²) in [7, 11) is 0. The summed E-state index contributed by atoms with van der Waals surface area (Å²) in [6.07, 6.45) is 0. The Morgan fingerprint density at radius 3 is 1.64 bits per heavy atom. The summed E-state index contributed by atoms with van der Waals surface area (Å²) in [6.45, 7) is 0.533. The molecule has 4 aromatic carbocycles. The third-order valence-electron chi connectivity index (χ3n) is 4.55. The van der Waals surface area contributed by atoms with Crippen LogP contribution in [0.5, 0.6) is 0 Å². The van der Waals surface area contributed by atoms with E-state index in [4.69, 9.17) is 37.6 Å². The Bertz CT molecular complexity index is 1280. The van der Waals surface area contributed by atoms with Crippen LogP contribution in [0.3, 0.4) is 0 Å². The number of nitrogens with one attached hydrogen (secondary N) is 1. The van der Waals surface area contributed by atoms with E-state index < -0.39 is 5.24 Å². The van der Waals surface area contributed by atoms with Crippen LogP contribution in [-0.4, -0.2) is 54.1 Å². The Kier molecular flexibility index (Phi) is 24.2. The van der Waals surface area contributed by atoms with Gasteiger partial charge >= 0.3 is 59.1 Å². The quantitative estimate of drug-likeness (QED) is 0.0601. The summed E-state index contributed by atoms with van der Waals surface area (Å²) < 4.78 is 0. The van der Waals surface area contributed by atoms with Crippen molar-refractivity contribution in [1.29, 1.82) is 0 Å². The summed E-state index contributed by atoms with van der Waals surface area (Å²) in [6, 6.07) is 26.7. The molecule has 0 aromatic heterocycles. The van der Waals surface area contributed by atoms with Crippen LogP contribution < -0.4 is 75.4 Å². The maximum Gasteiger partial charge on any atom is 1.00 e. The molecule has 0 heterocycles. The average molecular weight is 575 g/mol. The Balaban J connectivity index is -0.000000516. The Labute approximate surface area is 277 Å². The number of nitrogens with two attached hydrogens (primary N) is 1. The van der Waals surface area contributed by atoms with Crippen molar-refractivity contribution in [1.82, 2.24) is 5.32 Å². The fraction of sp³-hybridized carbons (Fsp3) is 0.148. The van der Waals surface area contributed by atoms with Gasteiger partial charge in [0.15, 0.2) is 0 Å². The molecule has 0 bridgehead atoms. The van der Waals surface area contributed by atoms with Gasteiger partial charge < -0.3 is 32.8 Å². The molecule has 5 N–H and O–H groups in total. The second-order valence-electron chi connectivity index (χ2n) is 7.08. The molecule has 198 valence electrons. The topological polar surface area (TPSA) is 162 Å². The van der Waals surface area contributed by atoms with E-state index in [-0.39, 0.29) is 92.7 Å². The number of carbonyl (C=O) groups is 3. The predicted octanol–water partition coefficient (Wildman–Crippen LogP) is -3.73. The largest absolute Gasteiger partial charge is 1.00 e. The molecule has 9 nitrogen and oxygen atoms in total. The smallest absolute Gasteiger partial charge is 1.00 e. The van der Waals surface area contributed by atoms with Crippen molar-refractivity contribution in [2.24, 2.45) is 5.73 Å². The van der Waals surface area contributed by atoms with Crippen LogP contribution in [0.15, 0.2) is 84.9 Å². The molecule has 0 atom stereocenters. The molecule has 0 spiro atoms. The molecule has 12 heteroatoms. The molecule has 0 saturated heterocycles. The van der Waals surface area contributed by atoms with Gasteiger partial charge in [-0.25, -0.2) is 0 Å². The summed E-state index contributed by atoms with van der Waals surface area (Å²) in [5.41, 5.74) is 5.94. The molecule has 0 fully saturated rings. The number of carbonyl (C=O) groups excluding carboxylic acids is 3. The van der Waals surface area contributed by atoms with Gasteiger partial charge in [0, 0.05) is 24.2 Å². The van der Waals surface area contributed by atoms with Crippen molar-refractivity contribution in [3.05, 3.63) is 96.1 Å². The zero-order valence-corrected chi connectivity index (χ0v) is 26.6. The van der Waals surface area contributed by atoms with Crippen LogP contribution in [0.25, 0.3) is 21.5 Å². The number of rotatable bonds is 6. The van der Waals surface area contributed by atoms with Crippen LogP contribution in [0, 0.1) is 0 Å². The molecule has 4 rings (SSSR count). The van der Waals surface area contributed by atoms with Crippen molar-refractivity contribution < 1.29 is 95.3 Å². The molecule has 0 aliphatic heterocycles. The van der Waals surface area contributed by atoms with Crippen molar-refractivity contribution >= 4 is 50.8 Å². The maximum absolute atomic E-state index is 11.6. The van der Waals surface area contributed by atoms with Gasteiger partial charge in [-0.15, -0.1) is 0 Å². The predicted molar refractivity (Wildman–Crippen MR) is 142 cm³/mol. The molecule has 4 aromatic rings. The first kappa shape index (κ1) is 39.3. The minimum atomic E-state index is -0.411. The number of amides is 1. The molecule has 0 aliphatic carbocycles. The molecule has 0 unspecified atom stereocenters. The van der Waals surface area contributed by atoms with E-state index in [2.05, 4.69) is 10.2 Å². The minimum absolute atomic E-state index is 0. The number of hydrogen-bond acceptors (Lipinski definition) is 8. The van der Waals surface area contributed by atoms with E-state index in [0.717, 1.165) is 21.5 Å². The number of aliphatic hydroxyl groups excluding tert-OH is 2. The number of benzene rings is 4. The average Bonchev–Trinajstić information content (AvgIpc) is 2.95. The summed E-state index contributed by atoms with van der Waals surface area (Å²) in [4.78, 5) is 33.7. The van der Waals surface area contributed by atoms with E-state index in [0.29, 0.717) is 17.7 Å². The Morgan fingerprint density at radius 1 is 0.846 bits per heavy atom. The van der Waals surface area contributed by atoms with E-state index in [9.17, 15) is 9.59 Å². The van der Waals surface area contributed by atoms with Crippen LogP contribution in [0.4, 0.5) is 0 Å². The minimum Gasteiger partial charge on any atom is -1.00 e. The van der Waals surface area contributed by atoms with Crippen molar-refractivity contribution in [3.63, 3.8) is 0 Å². The monoisotopic (exact) mass is 574 g/mol. The van der Waals surface area contributed by atoms with Crippen molar-refractivity contribution in [2.45, 2.75) is 0 Å². The number of hydrogen-bond donors (Lipinski definition) is 4. The van der Waals surface area contributed by atoms with Gasteiger partial charge in [-0.2, -0.15) is 0 Å². The second-order valence-corrected chi connectivity index (χ2v) is 7.43. The first-order valence-electron chi connectivity index (χ1n) is 11.0. The van der Waals surface area contributed by atoms with E-state index in [1.807, 2.05) is 66.7 Å². The van der Waals surface area contributed by atoms with Crippen LogP contribution >= 0.6 is 11.6 Å². The molecular weight excluding hydrogens is 546 g/mol. The van der Waals surface area contributed by atoms with Gasteiger partial charge in [0.05, 0.1) is 13.2 Å². The van der Waals surface area contributed by atoms with Crippen molar-refractivity contribution in [2.75, 3.05) is 26.3 Å². The fourth-order valence-corrected chi connectivity index (χ4v) is 3.03. The van der Waals surface area contributed by atoms with Gasteiger partial charge in [0.25, 0.3) is 17.6 Å². The zero-order valence-electron chi connectivity index (χ0n) is 22.9. The number of halogens is 1. The second kappa shape index (κ2) is 24.0. The number of aliphatic hydroxyl groups is 2. The molecule has 1 amide bonds. The standard InChI is InChI=1S/C13H13NO2.C11H7ClO.C2H7NO.CH2O3.2Na.H/c15-8-7-14-13(16)12-6-5-10-3-1-2-4-11(10)9-12;12-11(13)10-6-5-8-3-1-2-4-9(8)7-10;3-1-2-4;2-1-4-3;;;/h1-6,9,15H,7-8H2,(H,14,16);1-7H;4H,1-3H2;1,3H;;;/q;;;;2*+1;-1/p-1. The van der Waals surface area contributed by atoms with Gasteiger partial charge in [-0.05, 0) is 57.4 Å². The van der Waals surface area contributed by atoms with E-state index >= 15 is 0 Å². The maximum atomic E-state index is 11.6. The van der Waals surface area contributed by atoms with E-state index in [1.165, 1.54) is 0 Å². The third-order valence-corrected chi connectivity index (χ3v) is 4.77. The summed E-state index contributed by atoms with van der Waals surface area (Å²) >= 11 is 5.36. The summed E-state index contributed by atoms with van der Waals surface area (Å²) in [5.74, 6) is -0.153. The Hall–Kier alpha value is -1.86. The molecule has 0 aliphatic rings. The molecular formula is C27H29ClN2Na2O7. The first-order valence-corrected chi connectivity index (χ1v) is 11.4. The van der Waals surface area contributed by atoms with E-state index in [1.54, 1.807) is 18.2 Å². The third kappa shape index (κ3) is 15.5. The molecule has 39 heavy (non-hydrogen) atoms. The van der Waals surface area contributed by atoms with Crippen molar-refractivity contribution in [3.8, 4) is 0 Å². The first-order chi connectivity index (χ1) is 17.9. The molecule has 0 radical (unpaired) electrons. The zero-order chi connectivity index (χ0) is 27.5. The molecule has 0 saturated carbocycles. The van der Waals surface area contributed by atoms with Gasteiger partial charge in [-0.3, -0.25) is 14.4 Å². The van der Waals surface area contributed by atoms with Crippen LogP contribution in [-0.2, 0) is 9.68 Å². The SMILES string of the molecule is NCCO.O=C(Cl)c1ccc2ccccc2c1.O=C(NCCO)c1ccc2ccccc2c1.O=CO[O-].[H-].[Na+].[Na+]. The van der Waals surface area contributed by atoms with Gasteiger partial charge in [0.1, 0.15) is 0 Å². The van der Waals surface area contributed by atoms with Crippen LogP contribution in [0.1, 0.15) is 22.1 Å². The van der Waals surface area contributed by atoms with Gasteiger partial charge in [0.2, 0.25) is 0 Å². The Morgan fingerprint density at radius 2 is 1.26 bits per heavy atom. The summed E-state index contributed by atoms with van der Waals surface area (Å²) in [5, 5.41) is 31.3. The van der Waals surface area contributed by atoms with Crippen LogP contribution in [0.2, 0.25) is 0 Å². The normalized spacial score (nSPS) is 8.95. The van der Waals surface area contributed by atoms with Gasteiger partial charge in [-0.1, -0.05) is 60.7 Å². The number of fused-ring (bicyclic) bond motifs is 2.